The Morgan fingerprint density at radius 2 is 0.685 bits per heavy atom. The summed E-state index contributed by atoms with van der Waals surface area (Å²) in [6.45, 7) is 0. The highest BCUT2D eigenvalue weighted by Gasteiger charge is 2.38. The number of hydrogen-bond donors (Lipinski definition) is 20. The molecule has 12 rings (SSSR count). The SMILES string of the molecule is N=C(N)CCCCCC(=O)Cc1ccc(C[C@H](NC(=O)C2=Nc3ccccc3C2=S(=O)=O)C(=O)O)cc1.N=C(N)CCCCCC(=O)Cc1ccc(C[C@H](NC(=O)C2Nc3ccccc3C2=O)C(=O)O)cc1.N=C(N)CCCCCC(=O)Cc1ccc(C[C@H](NC(=O)c2[nH]c3ccccc3c2C=O)C(=O)O)cc1.N=C(N)CCCCCC(=O)Cc1ccc(C[C@H](NC(=O)c2[nH]c3ccccc3c2O)C(=O)O)cc1. The molecule has 2 aliphatic heterocycles. The highest BCUT2D eigenvalue weighted by Crippen LogP contribution is 2.31. The van der Waals surface area contributed by atoms with E-state index in [0.29, 0.717) is 138 Å². The monoisotopic (exact) mass is 1970 g/mol. The molecular formula is C105H118N16O21S. The molecule has 2 aromatic heterocycles. The first-order chi connectivity index (χ1) is 68.4. The number of aldehydes is 1. The Kier molecular flexibility index (Phi) is 42.6. The number of nitrogens with one attached hydrogen (secondary N) is 11. The summed E-state index contributed by atoms with van der Waals surface area (Å²) in [5.41, 5.74) is 29.8. The average Bonchev–Trinajstić information content (AvgIpc) is 1.65. The summed E-state index contributed by atoms with van der Waals surface area (Å²) >= 11 is 0. The lowest BCUT2D eigenvalue weighted by Gasteiger charge is -2.17. The number of carbonyl (C=O) groups is 14. The number of Topliss-reactive ketones (excluding diaryl/α,β-unsaturated/α-hetero) is 5. The fraction of sp³-hybridized carbons (Fsp3) is 0.314. The largest absolute Gasteiger partial charge is 0.505 e. The summed E-state index contributed by atoms with van der Waals surface area (Å²) in [5, 5.41) is 91.4. The standard InChI is InChI=1S/C27H30N4O5.C26H28N4O6S.2C26H30N4O5/c28-24(29)9-3-1-2-6-19(33)14-17-10-12-18(13-11-17)15-23(27(35)36)31-26(34)25-21(16-32)20-7-4-5-8-22(20)30-25;27-22(28)9-3-1-2-6-18(31)14-16-10-12-17(13-11-16)15-21(26(33)34)30-25(32)23-24(37(35)36)19-7-4-5-8-20(19)29-23;2*27-22(28)9-3-1-2-6-18(31)14-16-10-12-17(13-11-16)15-21(26(34)35)30-25(33)23-24(32)19-7-4-5-8-20(19)29-23/h4-5,7-8,10-13,16,23,30H,1-3,6,9,14-15H2,(H3,28,29)(H,31,34)(H,35,36);4-5,7-8,10-13,21H,1-3,6,9,14-15H2,(H3,27,28)(H,30,32)(H,33,34);4-5,7-8,10-13,21,29,32H,1-3,6,9,14-15H2,(H3,27,28)(H,30,33)(H,34,35);4-5,7-8,10-13,21,23,29H,1-3,6,9,14-15H2,(H3,27,28)(H,30,33)(H,34,35)/t23-;2*21-;21-,23?/m0000/s1. The van der Waals surface area contributed by atoms with Crippen molar-refractivity contribution in [2.24, 2.45) is 27.9 Å². The van der Waals surface area contributed by atoms with Crippen LogP contribution in [-0.4, -0.2) is 191 Å². The number of unbranched alkanes of at least 4 members (excludes halogenated alkanes) is 8. The van der Waals surface area contributed by atoms with E-state index in [1.807, 2.05) is 0 Å². The van der Waals surface area contributed by atoms with Crippen molar-refractivity contribution < 1.29 is 101 Å². The number of amides is 4. The Balaban J connectivity index is 0.000000213. The van der Waals surface area contributed by atoms with Crippen molar-refractivity contribution in [3.8, 4) is 5.75 Å². The molecule has 0 aliphatic carbocycles. The van der Waals surface area contributed by atoms with Gasteiger partial charge in [-0.2, -0.15) is 8.42 Å². The Bertz CT molecular complexity index is 6520. The zero-order chi connectivity index (χ0) is 104. The van der Waals surface area contributed by atoms with E-state index >= 15 is 0 Å². The van der Waals surface area contributed by atoms with E-state index in [0.717, 1.165) is 99.3 Å². The number of ketones is 5. The molecule has 5 atom stereocenters. The third kappa shape index (κ3) is 35.1. The number of aromatic amines is 2. The molecule has 0 saturated heterocycles. The Labute approximate surface area is 825 Å². The summed E-state index contributed by atoms with van der Waals surface area (Å²) in [5.74, 6) is -7.39. The van der Waals surface area contributed by atoms with Crippen LogP contribution in [0, 0.1) is 21.6 Å². The van der Waals surface area contributed by atoms with E-state index in [-0.39, 0.29) is 117 Å². The molecule has 24 N–H and O–H groups in total. The quantitative estimate of drug-likeness (QED) is 0.00420. The molecule has 1 unspecified atom stereocenters. The van der Waals surface area contributed by atoms with Gasteiger partial charge in [0.15, 0.2) is 29.6 Å². The second-order valence-electron chi connectivity index (χ2n) is 34.8. The van der Waals surface area contributed by atoms with Crippen LogP contribution in [-0.2, 0) is 110 Å². The topological polar surface area (TPSA) is 678 Å². The predicted octanol–water partition coefficient (Wildman–Crippen LogP) is 11.2. The number of benzene rings is 8. The van der Waals surface area contributed by atoms with Crippen molar-refractivity contribution in [3.05, 3.63) is 267 Å². The number of aromatic hydroxyl groups is 1. The van der Waals surface area contributed by atoms with Gasteiger partial charge in [0, 0.05) is 141 Å². The van der Waals surface area contributed by atoms with Crippen molar-refractivity contribution in [1.82, 2.24) is 31.2 Å². The van der Waals surface area contributed by atoms with Crippen LogP contribution in [0.4, 0.5) is 11.4 Å². The number of carboxylic acids is 4. The molecule has 0 radical (unpaired) electrons. The van der Waals surface area contributed by atoms with Gasteiger partial charge in [-0.1, -0.05) is 183 Å². The van der Waals surface area contributed by atoms with Crippen molar-refractivity contribution >= 4 is 160 Å². The van der Waals surface area contributed by atoms with Crippen LogP contribution in [0.15, 0.2) is 199 Å². The van der Waals surface area contributed by atoms with Gasteiger partial charge in [-0.05, 0) is 132 Å². The molecular weight excluding hydrogens is 1850 g/mol. The zero-order valence-corrected chi connectivity index (χ0v) is 79.5. The fourth-order valence-corrected chi connectivity index (χ4v) is 16.6. The summed E-state index contributed by atoms with van der Waals surface area (Å²) in [6, 6.07) is 48.9. The van der Waals surface area contributed by atoms with Gasteiger partial charge in [0.1, 0.15) is 63.6 Å². The number of nitrogens with two attached hydrogens (primary N) is 4. The summed E-state index contributed by atoms with van der Waals surface area (Å²) in [4.78, 5) is 181. The van der Waals surface area contributed by atoms with Crippen molar-refractivity contribution in [2.75, 3.05) is 5.32 Å². The molecule has 37 nitrogen and oxygen atoms in total. The number of fused-ring (bicyclic) bond motifs is 4. The number of amidine groups is 4. The molecule has 2 aliphatic rings. The third-order valence-corrected chi connectivity index (χ3v) is 24.2. The first-order valence-electron chi connectivity index (χ1n) is 46.7. The van der Waals surface area contributed by atoms with Gasteiger partial charge < -0.3 is 85.0 Å². The maximum Gasteiger partial charge on any atom is 0.326 e. The Morgan fingerprint density at radius 3 is 1.04 bits per heavy atom. The number of nitrogens with zero attached hydrogens (tertiary/aromatic N) is 1. The molecule has 4 heterocycles. The van der Waals surface area contributed by atoms with Crippen molar-refractivity contribution in [1.29, 1.82) is 21.6 Å². The number of carboxylic acid groups (broad SMARTS) is 4. The number of H-pyrrole nitrogens is 2. The lowest BCUT2D eigenvalue weighted by Crippen LogP contribution is -2.49. The lowest BCUT2D eigenvalue weighted by atomic mass is 10.00. The second-order valence-corrected chi connectivity index (χ2v) is 35.7. The first kappa shape index (κ1) is 110. The van der Waals surface area contributed by atoms with Crippen LogP contribution in [0.5, 0.6) is 5.75 Å². The molecule has 38 heteroatoms. The Hall–Kier alpha value is -16.5. The van der Waals surface area contributed by atoms with E-state index in [9.17, 15) is 101 Å². The number of aromatic nitrogens is 2. The molecule has 10 aromatic rings. The number of anilines is 1. The Morgan fingerprint density at radius 1 is 0.378 bits per heavy atom. The number of rotatable bonds is 53. The molecule has 0 fully saturated rings. The van der Waals surface area contributed by atoms with E-state index in [4.69, 9.17) is 44.6 Å². The molecule has 0 bridgehead atoms. The van der Waals surface area contributed by atoms with Crippen LogP contribution in [0.3, 0.4) is 0 Å². The highest BCUT2D eigenvalue weighted by molar-refractivity contribution is 7.76. The van der Waals surface area contributed by atoms with Gasteiger partial charge >= 0.3 is 23.9 Å². The van der Waals surface area contributed by atoms with Crippen LogP contribution in [0.1, 0.15) is 220 Å². The van der Waals surface area contributed by atoms with Gasteiger partial charge in [0.2, 0.25) is 10.3 Å². The molecule has 4 amide bonds. The highest BCUT2D eigenvalue weighted by atomic mass is 32.2. The maximum atomic E-state index is 12.8. The van der Waals surface area contributed by atoms with Crippen LogP contribution < -0.4 is 49.5 Å². The van der Waals surface area contributed by atoms with Crippen molar-refractivity contribution in [3.63, 3.8) is 0 Å². The zero-order valence-electron chi connectivity index (χ0n) is 78.7. The maximum absolute atomic E-state index is 12.8. The van der Waals surface area contributed by atoms with E-state index in [1.54, 1.807) is 188 Å². The average molecular weight is 1970 g/mol. The van der Waals surface area contributed by atoms with Gasteiger partial charge in [-0.3, -0.25) is 69.6 Å². The van der Waals surface area contributed by atoms with Gasteiger partial charge in [0.25, 0.3) is 23.6 Å². The minimum atomic E-state index is -2.74. The first-order valence-corrected chi connectivity index (χ1v) is 47.7. The van der Waals surface area contributed by atoms with Gasteiger partial charge in [0.05, 0.1) is 34.6 Å². The minimum absolute atomic E-state index is 0.0209. The number of aliphatic carboxylic acids is 4. The van der Waals surface area contributed by atoms with Gasteiger partial charge in [-0.25, -0.2) is 24.2 Å². The summed E-state index contributed by atoms with van der Waals surface area (Å²) in [7, 11) is -2.74. The summed E-state index contributed by atoms with van der Waals surface area (Å²) in [6.07, 6.45) is 15.4. The summed E-state index contributed by atoms with van der Waals surface area (Å²) < 4.78 is 23.5. The second kappa shape index (κ2) is 55.3. The number of carbonyl (C=O) groups excluding carboxylic acids is 10. The van der Waals surface area contributed by atoms with Crippen LogP contribution in [0.25, 0.3) is 21.8 Å². The predicted molar refractivity (Wildman–Crippen MR) is 541 cm³/mol. The van der Waals surface area contributed by atoms with Crippen LogP contribution in [0.2, 0.25) is 0 Å². The number of aliphatic imine (C=N–C) groups is 1. The molecule has 143 heavy (non-hydrogen) atoms. The lowest BCUT2D eigenvalue weighted by molar-refractivity contribution is -0.142. The molecule has 0 spiro atoms. The minimum Gasteiger partial charge on any atom is -0.505 e. The smallest absolute Gasteiger partial charge is 0.326 e. The third-order valence-electron chi connectivity index (χ3n) is 23.5. The normalized spacial score (nSPS) is 12.8. The molecule has 8 aromatic carbocycles. The fourth-order valence-electron chi connectivity index (χ4n) is 15.9. The van der Waals surface area contributed by atoms with E-state index in [1.165, 1.54) is 6.07 Å². The number of hydrogen-bond acceptors (Lipinski definition) is 23. The van der Waals surface area contributed by atoms with E-state index < -0.39 is 93.8 Å². The molecule has 0 saturated carbocycles. The molecule has 750 valence electrons. The van der Waals surface area contributed by atoms with Crippen LogP contribution >= 0.6 is 0 Å². The van der Waals surface area contributed by atoms with Crippen molar-refractivity contribution in [2.45, 2.75) is 210 Å². The number of para-hydroxylation sites is 4. The van der Waals surface area contributed by atoms with Gasteiger partial charge in [-0.15, -0.1) is 0 Å². The van der Waals surface area contributed by atoms with E-state index in [2.05, 4.69) is 41.5 Å².